The molecule has 0 bridgehead atoms. The topological polar surface area (TPSA) is 47.6 Å². The Labute approximate surface area is 130 Å². The lowest BCUT2D eigenvalue weighted by Crippen LogP contribution is -2.26. The lowest BCUT2D eigenvalue weighted by molar-refractivity contribution is 0.0954. The van der Waals surface area contributed by atoms with Crippen LogP contribution in [0.25, 0.3) is 0 Å². The summed E-state index contributed by atoms with van der Waals surface area (Å²) in [6.07, 6.45) is 0.824. The first kappa shape index (κ1) is 14.4. The summed E-state index contributed by atoms with van der Waals surface area (Å²) in [5.74, 6) is 1.64. The Morgan fingerprint density at radius 2 is 1.82 bits per heavy atom. The summed E-state index contributed by atoms with van der Waals surface area (Å²) in [5, 5.41) is 3.00. The van der Waals surface area contributed by atoms with Crippen molar-refractivity contribution in [1.29, 1.82) is 0 Å². The molecular formula is C18H19NO3. The van der Waals surface area contributed by atoms with Gasteiger partial charge in [-0.15, -0.1) is 0 Å². The third-order valence-corrected chi connectivity index (χ3v) is 4.12. The quantitative estimate of drug-likeness (QED) is 0.947. The monoisotopic (exact) mass is 297 g/mol. The van der Waals surface area contributed by atoms with Crippen LogP contribution in [0.4, 0.5) is 0 Å². The van der Waals surface area contributed by atoms with Crippen LogP contribution in [0.2, 0.25) is 0 Å². The van der Waals surface area contributed by atoms with Crippen LogP contribution in [0, 0.1) is 0 Å². The lowest BCUT2D eigenvalue weighted by atomic mass is 9.91. The van der Waals surface area contributed by atoms with E-state index in [4.69, 9.17) is 9.47 Å². The largest absolute Gasteiger partial charge is 0.493 e. The fourth-order valence-electron chi connectivity index (χ4n) is 2.91. The maximum atomic E-state index is 12.2. The zero-order chi connectivity index (χ0) is 15.5. The van der Waals surface area contributed by atoms with Gasteiger partial charge in [-0.25, -0.2) is 0 Å². The van der Waals surface area contributed by atoms with Crippen molar-refractivity contribution in [2.45, 2.75) is 12.3 Å². The van der Waals surface area contributed by atoms with Crippen molar-refractivity contribution in [3.63, 3.8) is 0 Å². The third-order valence-electron chi connectivity index (χ3n) is 4.12. The van der Waals surface area contributed by atoms with E-state index in [9.17, 15) is 4.79 Å². The second-order valence-corrected chi connectivity index (χ2v) is 5.38. The number of benzene rings is 2. The number of rotatable bonds is 3. The minimum Gasteiger partial charge on any atom is -0.493 e. The van der Waals surface area contributed by atoms with Gasteiger partial charge in [0, 0.05) is 18.0 Å². The summed E-state index contributed by atoms with van der Waals surface area (Å²) < 4.78 is 10.7. The molecule has 0 aliphatic carbocycles. The maximum Gasteiger partial charge on any atom is 0.251 e. The van der Waals surface area contributed by atoms with Crippen molar-refractivity contribution < 1.29 is 14.3 Å². The number of amides is 1. The Kier molecular flexibility index (Phi) is 4.00. The molecule has 0 radical (unpaired) electrons. The van der Waals surface area contributed by atoms with Crippen molar-refractivity contribution >= 4 is 5.91 Å². The second kappa shape index (κ2) is 6.10. The SMILES string of the molecule is COc1ccc([C@@H]2CNC(=O)c3ccccc3C2)cc1OC. The van der Waals surface area contributed by atoms with Crippen LogP contribution in [-0.4, -0.2) is 26.7 Å². The van der Waals surface area contributed by atoms with E-state index >= 15 is 0 Å². The molecule has 1 aliphatic heterocycles. The van der Waals surface area contributed by atoms with E-state index in [1.54, 1.807) is 14.2 Å². The van der Waals surface area contributed by atoms with Crippen molar-refractivity contribution in [1.82, 2.24) is 5.32 Å². The lowest BCUT2D eigenvalue weighted by Gasteiger charge is -2.17. The molecule has 0 fully saturated rings. The molecule has 3 rings (SSSR count). The Hall–Kier alpha value is -2.49. The first-order valence-corrected chi connectivity index (χ1v) is 7.31. The van der Waals surface area contributed by atoms with Gasteiger partial charge >= 0.3 is 0 Å². The molecule has 0 aromatic heterocycles. The second-order valence-electron chi connectivity index (χ2n) is 5.38. The molecule has 4 heteroatoms. The molecule has 0 saturated carbocycles. The Balaban J connectivity index is 1.95. The van der Waals surface area contributed by atoms with E-state index in [2.05, 4.69) is 5.32 Å². The number of nitrogens with one attached hydrogen (secondary N) is 1. The van der Waals surface area contributed by atoms with E-state index in [0.29, 0.717) is 18.0 Å². The van der Waals surface area contributed by atoms with Crippen LogP contribution < -0.4 is 14.8 Å². The summed E-state index contributed by atoms with van der Waals surface area (Å²) >= 11 is 0. The molecule has 0 saturated heterocycles. The normalized spacial score (nSPS) is 17.2. The number of hydrogen-bond donors (Lipinski definition) is 1. The van der Waals surface area contributed by atoms with E-state index in [0.717, 1.165) is 23.1 Å². The zero-order valence-electron chi connectivity index (χ0n) is 12.8. The highest BCUT2D eigenvalue weighted by Crippen LogP contribution is 2.32. The van der Waals surface area contributed by atoms with Crippen molar-refractivity contribution in [3.05, 3.63) is 59.2 Å². The van der Waals surface area contributed by atoms with Gasteiger partial charge < -0.3 is 14.8 Å². The van der Waals surface area contributed by atoms with Crippen LogP contribution in [0.5, 0.6) is 11.5 Å². The molecule has 22 heavy (non-hydrogen) atoms. The number of hydrogen-bond acceptors (Lipinski definition) is 3. The molecular weight excluding hydrogens is 278 g/mol. The minimum absolute atomic E-state index is 0.00132. The van der Waals surface area contributed by atoms with Gasteiger partial charge in [-0.05, 0) is 35.7 Å². The van der Waals surface area contributed by atoms with E-state index in [-0.39, 0.29) is 11.8 Å². The Morgan fingerprint density at radius 1 is 1.05 bits per heavy atom. The summed E-state index contributed by atoms with van der Waals surface area (Å²) in [6.45, 7) is 0.614. The van der Waals surface area contributed by atoms with Gasteiger partial charge in [-0.2, -0.15) is 0 Å². The zero-order valence-corrected chi connectivity index (χ0v) is 12.8. The average Bonchev–Trinajstić information content (AvgIpc) is 2.74. The van der Waals surface area contributed by atoms with Gasteiger partial charge in [0.05, 0.1) is 14.2 Å². The van der Waals surface area contributed by atoms with Crippen molar-refractivity contribution in [2.75, 3.05) is 20.8 Å². The highest BCUT2D eigenvalue weighted by molar-refractivity contribution is 5.96. The predicted octanol–water partition coefficient (Wildman–Crippen LogP) is 2.77. The van der Waals surface area contributed by atoms with E-state index in [1.807, 2.05) is 42.5 Å². The summed E-state index contributed by atoms with van der Waals surface area (Å²) in [7, 11) is 3.26. The van der Waals surface area contributed by atoms with Crippen molar-refractivity contribution in [3.8, 4) is 11.5 Å². The molecule has 2 aromatic carbocycles. The van der Waals surface area contributed by atoms with Gasteiger partial charge in [0.1, 0.15) is 0 Å². The van der Waals surface area contributed by atoms with E-state index < -0.39 is 0 Å². The first-order chi connectivity index (χ1) is 10.7. The predicted molar refractivity (Wildman–Crippen MR) is 84.8 cm³/mol. The fraction of sp³-hybridized carbons (Fsp3) is 0.278. The smallest absolute Gasteiger partial charge is 0.251 e. The minimum atomic E-state index is -0.00132. The molecule has 2 aromatic rings. The highest BCUT2D eigenvalue weighted by atomic mass is 16.5. The van der Waals surface area contributed by atoms with Crippen LogP contribution in [0.15, 0.2) is 42.5 Å². The Morgan fingerprint density at radius 3 is 2.59 bits per heavy atom. The molecule has 1 N–H and O–H groups in total. The Bertz CT molecular complexity index is 696. The molecule has 4 nitrogen and oxygen atoms in total. The number of fused-ring (bicyclic) bond motifs is 1. The standard InChI is InChI=1S/C18H19NO3/c1-21-16-8-7-12(10-17(16)22-2)14-9-13-5-3-4-6-15(13)18(20)19-11-14/h3-8,10,14H,9,11H2,1-2H3,(H,19,20)/t14-/m0/s1. The van der Waals surface area contributed by atoms with Crippen LogP contribution in [0.1, 0.15) is 27.4 Å². The van der Waals surface area contributed by atoms with Crippen LogP contribution >= 0.6 is 0 Å². The molecule has 0 unspecified atom stereocenters. The van der Waals surface area contributed by atoms with Gasteiger partial charge in [-0.3, -0.25) is 4.79 Å². The number of ether oxygens (including phenoxy) is 2. The summed E-state index contributed by atoms with van der Waals surface area (Å²) in [4.78, 5) is 12.2. The molecule has 1 aliphatic rings. The molecule has 1 atom stereocenters. The van der Waals surface area contributed by atoms with Gasteiger partial charge in [0.15, 0.2) is 11.5 Å². The molecule has 114 valence electrons. The van der Waals surface area contributed by atoms with Gasteiger partial charge in [-0.1, -0.05) is 24.3 Å². The van der Waals surface area contributed by atoms with Gasteiger partial charge in [0.25, 0.3) is 5.91 Å². The van der Waals surface area contributed by atoms with E-state index in [1.165, 1.54) is 0 Å². The average molecular weight is 297 g/mol. The highest BCUT2D eigenvalue weighted by Gasteiger charge is 2.23. The fourth-order valence-corrected chi connectivity index (χ4v) is 2.91. The summed E-state index contributed by atoms with van der Waals surface area (Å²) in [5.41, 5.74) is 2.98. The van der Waals surface area contributed by atoms with Gasteiger partial charge in [0.2, 0.25) is 0 Å². The molecule has 1 heterocycles. The van der Waals surface area contributed by atoms with Crippen LogP contribution in [0.3, 0.4) is 0 Å². The van der Waals surface area contributed by atoms with Crippen LogP contribution in [-0.2, 0) is 6.42 Å². The molecule has 1 amide bonds. The summed E-state index contributed by atoms with van der Waals surface area (Å²) in [6, 6.07) is 13.7. The molecule has 0 spiro atoms. The first-order valence-electron chi connectivity index (χ1n) is 7.31. The number of carbonyl (C=O) groups is 1. The number of carbonyl (C=O) groups excluding carboxylic acids is 1. The number of methoxy groups -OCH3 is 2. The van der Waals surface area contributed by atoms with Crippen molar-refractivity contribution in [2.24, 2.45) is 0 Å². The third kappa shape index (κ3) is 2.64. The maximum absolute atomic E-state index is 12.2.